The Balaban J connectivity index is 2.34. The van der Waals surface area contributed by atoms with E-state index in [1.54, 1.807) is 55.6 Å². The zero-order chi connectivity index (χ0) is 17.5. The fourth-order valence-electron chi connectivity index (χ4n) is 2.65. The average Bonchev–Trinajstić information content (AvgIpc) is 2.62. The molecule has 0 heterocycles. The summed E-state index contributed by atoms with van der Waals surface area (Å²) in [6.07, 6.45) is 1.57. The normalized spacial score (nSPS) is 13.1. The number of carbonyl (C=O) groups is 2. The van der Waals surface area contributed by atoms with Gasteiger partial charge in [-0.05, 0) is 30.7 Å². The van der Waals surface area contributed by atoms with Gasteiger partial charge in [0.25, 0.3) is 0 Å². The summed E-state index contributed by atoms with van der Waals surface area (Å²) in [4.78, 5) is 25.9. The van der Waals surface area contributed by atoms with Crippen LogP contribution in [-0.2, 0) is 0 Å². The van der Waals surface area contributed by atoms with Crippen LogP contribution < -0.4 is 4.74 Å². The maximum atomic E-state index is 13.0. The van der Waals surface area contributed by atoms with Gasteiger partial charge in [-0.15, -0.1) is 0 Å². The average molecular weight is 342 g/mol. The summed E-state index contributed by atoms with van der Waals surface area (Å²) in [7, 11) is 1.57. The first kappa shape index (κ1) is 18.3. The van der Waals surface area contributed by atoms with Crippen LogP contribution in [0.2, 0.25) is 0 Å². The summed E-state index contributed by atoms with van der Waals surface area (Å²) in [5, 5.41) is -0.308. The molecule has 0 fully saturated rings. The van der Waals surface area contributed by atoms with E-state index in [1.807, 2.05) is 13.0 Å². The molecule has 2 rings (SSSR count). The van der Waals surface area contributed by atoms with E-state index in [0.717, 1.165) is 6.42 Å². The number of ether oxygens (including phenoxy) is 1. The summed E-state index contributed by atoms with van der Waals surface area (Å²) >= 11 is 4.56. The lowest BCUT2D eigenvalue weighted by molar-refractivity contribution is 0.0803. The summed E-state index contributed by atoms with van der Waals surface area (Å²) in [6, 6.07) is 15.8. The molecule has 0 bridgehead atoms. The second kappa shape index (κ2) is 8.69. The van der Waals surface area contributed by atoms with E-state index in [1.165, 1.54) is 0 Å². The molecule has 24 heavy (non-hydrogen) atoms. The van der Waals surface area contributed by atoms with E-state index < -0.39 is 5.92 Å². The molecule has 2 aromatic carbocycles. The van der Waals surface area contributed by atoms with Gasteiger partial charge in [0.05, 0.1) is 13.0 Å². The third kappa shape index (κ3) is 4.26. The van der Waals surface area contributed by atoms with E-state index in [0.29, 0.717) is 23.3 Å². The SMILES string of the molecule is CCCC(S)C(C(=O)c1ccccc1)C(=O)c1ccc(OC)cc1. The maximum Gasteiger partial charge on any atom is 0.174 e. The molecule has 0 N–H and O–H groups in total. The van der Waals surface area contributed by atoms with Crippen LogP contribution in [0.4, 0.5) is 0 Å². The van der Waals surface area contributed by atoms with Gasteiger partial charge in [0.15, 0.2) is 11.6 Å². The van der Waals surface area contributed by atoms with Gasteiger partial charge in [-0.3, -0.25) is 9.59 Å². The molecule has 4 heteroatoms. The lowest BCUT2D eigenvalue weighted by atomic mass is 9.85. The van der Waals surface area contributed by atoms with Crippen LogP contribution in [0.3, 0.4) is 0 Å². The summed E-state index contributed by atoms with van der Waals surface area (Å²) in [6.45, 7) is 2.02. The van der Waals surface area contributed by atoms with E-state index >= 15 is 0 Å². The molecule has 2 atom stereocenters. The molecule has 0 saturated carbocycles. The fraction of sp³-hybridized carbons (Fsp3) is 0.300. The number of hydrogen-bond acceptors (Lipinski definition) is 4. The number of rotatable bonds is 8. The Morgan fingerprint density at radius 2 is 1.50 bits per heavy atom. The van der Waals surface area contributed by atoms with E-state index in [4.69, 9.17) is 4.74 Å². The van der Waals surface area contributed by atoms with Crippen molar-refractivity contribution in [3.63, 3.8) is 0 Å². The first-order chi connectivity index (χ1) is 11.6. The van der Waals surface area contributed by atoms with Crippen molar-refractivity contribution in [2.24, 2.45) is 5.92 Å². The van der Waals surface area contributed by atoms with Crippen LogP contribution in [0.25, 0.3) is 0 Å². The largest absolute Gasteiger partial charge is 0.497 e. The zero-order valence-electron chi connectivity index (χ0n) is 13.9. The third-order valence-corrected chi connectivity index (χ3v) is 4.52. The van der Waals surface area contributed by atoms with Gasteiger partial charge >= 0.3 is 0 Å². The Morgan fingerprint density at radius 1 is 0.958 bits per heavy atom. The van der Waals surface area contributed by atoms with E-state index in [-0.39, 0.29) is 16.8 Å². The highest BCUT2D eigenvalue weighted by atomic mass is 32.1. The number of carbonyl (C=O) groups excluding carboxylic acids is 2. The van der Waals surface area contributed by atoms with Gasteiger partial charge in [0, 0.05) is 16.4 Å². The monoisotopic (exact) mass is 342 g/mol. The Morgan fingerprint density at radius 3 is 2.00 bits per heavy atom. The molecule has 0 aliphatic rings. The summed E-state index contributed by atoms with van der Waals surface area (Å²) in [5.41, 5.74) is 1.04. The molecular weight excluding hydrogens is 320 g/mol. The van der Waals surface area contributed by atoms with Crippen LogP contribution in [0.1, 0.15) is 40.5 Å². The van der Waals surface area contributed by atoms with Crippen molar-refractivity contribution in [2.45, 2.75) is 25.0 Å². The number of hydrogen-bond donors (Lipinski definition) is 1. The molecule has 2 aromatic rings. The van der Waals surface area contributed by atoms with Crippen molar-refractivity contribution in [3.05, 3.63) is 65.7 Å². The van der Waals surface area contributed by atoms with Crippen molar-refractivity contribution in [2.75, 3.05) is 7.11 Å². The molecule has 0 amide bonds. The number of Topliss-reactive ketones (excluding diaryl/α,β-unsaturated/α-hetero) is 2. The molecule has 2 unspecified atom stereocenters. The Hall–Kier alpha value is -2.07. The molecule has 0 aliphatic heterocycles. The minimum Gasteiger partial charge on any atom is -0.497 e. The van der Waals surface area contributed by atoms with Gasteiger partial charge in [-0.25, -0.2) is 0 Å². The minimum absolute atomic E-state index is 0.176. The van der Waals surface area contributed by atoms with Gasteiger partial charge < -0.3 is 4.74 Å². The van der Waals surface area contributed by atoms with Crippen molar-refractivity contribution in [1.82, 2.24) is 0 Å². The van der Waals surface area contributed by atoms with E-state index in [9.17, 15) is 9.59 Å². The van der Waals surface area contributed by atoms with Crippen LogP contribution >= 0.6 is 12.6 Å². The van der Waals surface area contributed by atoms with Gasteiger partial charge in [0.1, 0.15) is 5.75 Å². The Kier molecular flexibility index (Phi) is 6.62. The Labute approximate surface area is 148 Å². The zero-order valence-corrected chi connectivity index (χ0v) is 14.8. The third-order valence-electron chi connectivity index (χ3n) is 3.97. The minimum atomic E-state index is -0.788. The van der Waals surface area contributed by atoms with Crippen LogP contribution in [-0.4, -0.2) is 23.9 Å². The lowest BCUT2D eigenvalue weighted by Gasteiger charge is -2.21. The smallest absolute Gasteiger partial charge is 0.174 e. The highest BCUT2D eigenvalue weighted by molar-refractivity contribution is 7.81. The molecule has 126 valence electrons. The first-order valence-electron chi connectivity index (χ1n) is 8.04. The topological polar surface area (TPSA) is 43.4 Å². The lowest BCUT2D eigenvalue weighted by Crippen LogP contribution is -2.32. The van der Waals surface area contributed by atoms with Crippen LogP contribution in [0.5, 0.6) is 5.75 Å². The molecule has 3 nitrogen and oxygen atoms in total. The molecule has 0 aliphatic carbocycles. The number of thiol groups is 1. The first-order valence-corrected chi connectivity index (χ1v) is 8.55. The number of benzene rings is 2. The summed E-state index contributed by atoms with van der Waals surface area (Å²) in [5.74, 6) is -0.484. The number of ketones is 2. The standard InChI is InChI=1S/C20H22O3S/c1-3-7-17(24)18(19(21)14-8-5-4-6-9-14)20(22)15-10-12-16(23-2)13-11-15/h4-6,8-13,17-18,24H,3,7H2,1-2H3. The molecule has 0 spiro atoms. The molecular formula is C20H22O3S. The maximum absolute atomic E-state index is 13.0. The van der Waals surface area contributed by atoms with Gasteiger partial charge in [0.2, 0.25) is 0 Å². The number of methoxy groups -OCH3 is 1. The Bertz CT molecular complexity index is 680. The van der Waals surface area contributed by atoms with Crippen LogP contribution in [0.15, 0.2) is 54.6 Å². The second-order valence-electron chi connectivity index (χ2n) is 5.66. The quantitative estimate of drug-likeness (QED) is 0.437. The molecule has 0 aromatic heterocycles. The highest BCUT2D eigenvalue weighted by Gasteiger charge is 2.33. The van der Waals surface area contributed by atoms with Gasteiger partial charge in [-0.1, -0.05) is 43.7 Å². The van der Waals surface area contributed by atoms with Crippen molar-refractivity contribution < 1.29 is 14.3 Å². The van der Waals surface area contributed by atoms with Gasteiger partial charge in [-0.2, -0.15) is 12.6 Å². The van der Waals surface area contributed by atoms with E-state index in [2.05, 4.69) is 12.6 Å². The molecule has 0 radical (unpaired) electrons. The van der Waals surface area contributed by atoms with Crippen LogP contribution in [0, 0.1) is 5.92 Å². The van der Waals surface area contributed by atoms with Crippen molar-refractivity contribution >= 4 is 24.2 Å². The highest BCUT2D eigenvalue weighted by Crippen LogP contribution is 2.25. The second-order valence-corrected chi connectivity index (χ2v) is 6.32. The molecule has 0 saturated heterocycles. The fourth-order valence-corrected chi connectivity index (χ4v) is 3.18. The predicted molar refractivity (Wildman–Crippen MR) is 99.3 cm³/mol. The van der Waals surface area contributed by atoms with Crippen molar-refractivity contribution in [3.8, 4) is 5.75 Å². The van der Waals surface area contributed by atoms with Crippen molar-refractivity contribution in [1.29, 1.82) is 0 Å². The predicted octanol–water partition coefficient (Wildman–Crippen LogP) is 4.48. The summed E-state index contributed by atoms with van der Waals surface area (Å²) < 4.78 is 5.12.